The Bertz CT molecular complexity index is 492. The van der Waals surface area contributed by atoms with E-state index < -0.39 is 0 Å². The Labute approximate surface area is 109 Å². The van der Waals surface area contributed by atoms with E-state index in [0.717, 1.165) is 19.4 Å². The molecule has 0 aromatic heterocycles. The number of nitrogens with zero attached hydrogens (tertiary/aromatic N) is 1. The van der Waals surface area contributed by atoms with Crippen LogP contribution in [0.25, 0.3) is 0 Å². The maximum absolute atomic E-state index is 12.4. The lowest BCUT2D eigenvalue weighted by Crippen LogP contribution is -2.48. The highest BCUT2D eigenvalue weighted by molar-refractivity contribution is 5.89. The topological polar surface area (TPSA) is 20.3 Å². The predicted molar refractivity (Wildman–Crippen MR) is 74.0 cm³/mol. The summed E-state index contributed by atoms with van der Waals surface area (Å²) in [7, 11) is 2.14. The summed E-state index contributed by atoms with van der Waals surface area (Å²) in [5, 5.41) is 0. The lowest BCUT2D eigenvalue weighted by atomic mass is 9.60. The number of carbonyl (C=O) groups is 1. The van der Waals surface area contributed by atoms with Gasteiger partial charge in [0.15, 0.2) is 0 Å². The lowest BCUT2D eigenvalue weighted by molar-refractivity contribution is -0.126. The fourth-order valence-corrected chi connectivity index (χ4v) is 3.70. The van der Waals surface area contributed by atoms with Gasteiger partial charge < -0.3 is 4.90 Å². The van der Waals surface area contributed by atoms with Crippen LogP contribution in [0, 0.1) is 11.3 Å². The minimum absolute atomic E-state index is 0.126. The predicted octanol–water partition coefficient (Wildman–Crippen LogP) is 3.23. The third kappa shape index (κ3) is 1.58. The summed E-state index contributed by atoms with van der Waals surface area (Å²) in [4.78, 5) is 14.7. The molecule has 0 bridgehead atoms. The molecule has 2 atom stereocenters. The second-order valence-electron chi connectivity index (χ2n) is 6.48. The molecule has 0 unspecified atom stereocenters. The summed E-state index contributed by atoms with van der Waals surface area (Å²) in [6.45, 7) is 5.64. The molecule has 1 aliphatic heterocycles. The van der Waals surface area contributed by atoms with Gasteiger partial charge in [-0.25, -0.2) is 0 Å². The molecular weight excluding hydrogens is 222 g/mol. The Kier molecular flexibility index (Phi) is 2.51. The number of carbonyl (C=O) groups excluding carboxylic acids is 1. The van der Waals surface area contributed by atoms with Crippen LogP contribution >= 0.6 is 0 Å². The fourth-order valence-electron chi connectivity index (χ4n) is 3.70. The van der Waals surface area contributed by atoms with Crippen molar-refractivity contribution >= 4 is 11.5 Å². The first-order valence-corrected chi connectivity index (χ1v) is 6.83. The van der Waals surface area contributed by atoms with Gasteiger partial charge >= 0.3 is 0 Å². The molecule has 18 heavy (non-hydrogen) atoms. The minimum atomic E-state index is 0.126. The third-order valence-electron chi connectivity index (χ3n) is 4.92. The largest absolute Gasteiger partial charge is 0.374 e. The molecule has 0 amide bonds. The van der Waals surface area contributed by atoms with Crippen LogP contribution in [-0.4, -0.2) is 19.4 Å². The van der Waals surface area contributed by atoms with Gasteiger partial charge in [-0.1, -0.05) is 32.0 Å². The number of Topliss-reactive ketones (excluding diaryl/α,β-unsaturated/α-hetero) is 1. The van der Waals surface area contributed by atoms with E-state index in [2.05, 4.69) is 50.1 Å². The molecule has 1 aromatic carbocycles. The second-order valence-corrected chi connectivity index (χ2v) is 6.48. The molecule has 0 radical (unpaired) electrons. The Balaban J connectivity index is 2.13. The van der Waals surface area contributed by atoms with E-state index in [9.17, 15) is 4.79 Å². The molecule has 3 rings (SSSR count). The maximum atomic E-state index is 12.4. The minimum Gasteiger partial charge on any atom is -0.374 e. The van der Waals surface area contributed by atoms with Crippen LogP contribution < -0.4 is 4.90 Å². The van der Waals surface area contributed by atoms with Gasteiger partial charge in [0.25, 0.3) is 0 Å². The number of fused-ring (bicyclic) bond motifs is 3. The van der Waals surface area contributed by atoms with Crippen LogP contribution in [0.1, 0.15) is 38.2 Å². The van der Waals surface area contributed by atoms with E-state index in [1.165, 1.54) is 11.3 Å². The van der Waals surface area contributed by atoms with Crippen molar-refractivity contribution in [3.05, 3.63) is 29.8 Å². The van der Waals surface area contributed by atoms with E-state index in [-0.39, 0.29) is 11.3 Å². The molecule has 0 spiro atoms. The zero-order valence-corrected chi connectivity index (χ0v) is 11.4. The van der Waals surface area contributed by atoms with Crippen LogP contribution in [0.3, 0.4) is 0 Å². The Hall–Kier alpha value is -1.31. The van der Waals surface area contributed by atoms with Gasteiger partial charge in [-0.15, -0.1) is 0 Å². The summed E-state index contributed by atoms with van der Waals surface area (Å²) in [6, 6.07) is 8.40. The summed E-state index contributed by atoms with van der Waals surface area (Å²) >= 11 is 0. The summed E-state index contributed by atoms with van der Waals surface area (Å²) in [5.41, 5.74) is 2.75. The van der Waals surface area contributed by atoms with Crippen molar-refractivity contribution in [3.63, 3.8) is 0 Å². The first-order chi connectivity index (χ1) is 8.50. The zero-order valence-electron chi connectivity index (χ0n) is 11.4. The molecular formula is C16H21NO. The molecule has 96 valence electrons. The van der Waals surface area contributed by atoms with Crippen molar-refractivity contribution in [2.24, 2.45) is 11.3 Å². The van der Waals surface area contributed by atoms with Gasteiger partial charge in [-0.2, -0.15) is 0 Å². The molecule has 1 aliphatic carbocycles. The second kappa shape index (κ2) is 3.84. The number of para-hydroxylation sites is 1. The van der Waals surface area contributed by atoms with E-state index >= 15 is 0 Å². The highest BCUT2D eigenvalue weighted by atomic mass is 16.1. The molecule has 1 saturated carbocycles. The number of ketones is 1. The smallest absolute Gasteiger partial charge is 0.140 e. The van der Waals surface area contributed by atoms with Gasteiger partial charge in [-0.05, 0) is 29.4 Å². The van der Waals surface area contributed by atoms with Crippen LogP contribution in [0.2, 0.25) is 0 Å². The van der Waals surface area contributed by atoms with Gasteiger partial charge in [0.05, 0.1) is 0 Å². The van der Waals surface area contributed by atoms with Crippen molar-refractivity contribution < 1.29 is 4.79 Å². The summed E-state index contributed by atoms with van der Waals surface area (Å²) in [5.74, 6) is 1.03. The van der Waals surface area contributed by atoms with Gasteiger partial charge in [-0.3, -0.25) is 4.79 Å². The number of rotatable bonds is 0. The van der Waals surface area contributed by atoms with Gasteiger partial charge in [0.1, 0.15) is 5.78 Å². The molecule has 2 aliphatic rings. The van der Waals surface area contributed by atoms with Crippen molar-refractivity contribution in [1.82, 2.24) is 0 Å². The van der Waals surface area contributed by atoms with E-state index in [4.69, 9.17) is 0 Å². The summed E-state index contributed by atoms with van der Waals surface area (Å²) < 4.78 is 0. The van der Waals surface area contributed by atoms with Crippen LogP contribution in [0.15, 0.2) is 24.3 Å². The normalized spacial score (nSPS) is 29.7. The van der Waals surface area contributed by atoms with Crippen molar-refractivity contribution in [3.8, 4) is 0 Å². The average Bonchev–Trinajstić information content (AvgIpc) is 2.35. The van der Waals surface area contributed by atoms with Crippen molar-refractivity contribution in [2.45, 2.75) is 32.6 Å². The van der Waals surface area contributed by atoms with Gasteiger partial charge in [0, 0.05) is 31.6 Å². The lowest BCUT2D eigenvalue weighted by Gasteiger charge is -2.49. The first kappa shape index (κ1) is 11.8. The quantitative estimate of drug-likeness (QED) is 0.697. The van der Waals surface area contributed by atoms with Gasteiger partial charge in [0.2, 0.25) is 0 Å². The van der Waals surface area contributed by atoms with Crippen molar-refractivity contribution in [1.29, 1.82) is 0 Å². The zero-order chi connectivity index (χ0) is 12.9. The van der Waals surface area contributed by atoms with E-state index in [1.54, 1.807) is 0 Å². The molecule has 1 aromatic rings. The van der Waals surface area contributed by atoms with Crippen LogP contribution in [0.4, 0.5) is 5.69 Å². The Morgan fingerprint density at radius 3 is 2.78 bits per heavy atom. The SMILES string of the molecule is CN1C[C@@H]2[C@@H](C(=O)CCC2(C)C)c2ccccc21. The van der Waals surface area contributed by atoms with E-state index in [1.807, 2.05) is 0 Å². The summed E-state index contributed by atoms with van der Waals surface area (Å²) in [6.07, 6.45) is 1.77. The molecule has 2 nitrogen and oxygen atoms in total. The number of hydrogen-bond donors (Lipinski definition) is 0. The number of benzene rings is 1. The number of hydrogen-bond acceptors (Lipinski definition) is 2. The number of anilines is 1. The standard InChI is InChI=1S/C16H21NO/c1-16(2)9-8-14(18)15-11-6-4-5-7-13(11)17(3)10-12(15)16/h4-7,12,15H,8-10H2,1-3H3/t12-,15+/m1/s1. The molecule has 0 N–H and O–H groups in total. The maximum Gasteiger partial charge on any atom is 0.140 e. The fraction of sp³-hybridized carbons (Fsp3) is 0.562. The molecule has 1 heterocycles. The van der Waals surface area contributed by atoms with Crippen LogP contribution in [-0.2, 0) is 4.79 Å². The molecule has 2 heteroatoms. The molecule has 1 fully saturated rings. The van der Waals surface area contributed by atoms with Crippen molar-refractivity contribution in [2.75, 3.05) is 18.5 Å². The first-order valence-electron chi connectivity index (χ1n) is 6.83. The third-order valence-corrected chi connectivity index (χ3v) is 4.92. The Morgan fingerprint density at radius 2 is 2.00 bits per heavy atom. The monoisotopic (exact) mass is 243 g/mol. The highest BCUT2D eigenvalue weighted by Crippen LogP contribution is 2.51. The average molecular weight is 243 g/mol. The highest BCUT2D eigenvalue weighted by Gasteiger charge is 2.47. The van der Waals surface area contributed by atoms with E-state index in [0.29, 0.717) is 11.7 Å². The Morgan fingerprint density at radius 1 is 1.28 bits per heavy atom. The van der Waals surface area contributed by atoms with Crippen LogP contribution in [0.5, 0.6) is 0 Å². The molecule has 0 saturated heterocycles.